The molecule has 0 aromatic heterocycles. The Balaban J connectivity index is 1.96. The molecule has 0 saturated carbocycles. The number of aryl methyl sites for hydroxylation is 1. The Morgan fingerprint density at radius 2 is 1.62 bits per heavy atom. The van der Waals surface area contributed by atoms with Crippen LogP contribution >= 0.6 is 15.9 Å². The minimum absolute atomic E-state index is 0.245. The van der Waals surface area contributed by atoms with E-state index in [0.29, 0.717) is 5.75 Å². The Labute approximate surface area is 128 Å². The molecule has 2 aromatic carbocycles. The van der Waals surface area contributed by atoms with Crippen molar-refractivity contribution in [2.75, 3.05) is 0 Å². The van der Waals surface area contributed by atoms with Crippen molar-refractivity contribution in [1.29, 1.82) is 0 Å². The van der Waals surface area contributed by atoms with Crippen molar-refractivity contribution in [3.63, 3.8) is 0 Å². The quantitative estimate of drug-likeness (QED) is 0.742. The standard InChI is InChI=1S/C15H12BrF3O2/c1-10-8-13(6-7-14(10)16)20-9-11-2-4-12(5-3-11)21-15(17,18)19/h2-8H,9H2,1H3. The number of rotatable bonds is 4. The second-order valence-corrected chi connectivity index (χ2v) is 5.25. The third-order valence-corrected chi connectivity index (χ3v) is 3.58. The predicted octanol–water partition coefficient (Wildman–Crippen LogP) is 5.24. The van der Waals surface area contributed by atoms with E-state index < -0.39 is 6.36 Å². The Kier molecular flexibility index (Phi) is 4.77. The van der Waals surface area contributed by atoms with Crippen LogP contribution in [0.3, 0.4) is 0 Å². The summed E-state index contributed by atoms with van der Waals surface area (Å²) in [6.07, 6.45) is -4.67. The molecule has 6 heteroatoms. The Bertz CT molecular complexity index is 609. The average molecular weight is 361 g/mol. The molecular formula is C15H12BrF3O2. The SMILES string of the molecule is Cc1cc(OCc2ccc(OC(F)(F)F)cc2)ccc1Br. The maximum Gasteiger partial charge on any atom is 0.573 e. The first-order valence-electron chi connectivity index (χ1n) is 6.07. The number of halogens is 4. The van der Waals surface area contributed by atoms with Crippen molar-refractivity contribution < 1.29 is 22.6 Å². The van der Waals surface area contributed by atoms with Gasteiger partial charge in [-0.3, -0.25) is 0 Å². The molecule has 2 aromatic rings. The highest BCUT2D eigenvalue weighted by Crippen LogP contribution is 2.24. The van der Waals surface area contributed by atoms with E-state index in [1.54, 1.807) is 0 Å². The maximum atomic E-state index is 12.0. The van der Waals surface area contributed by atoms with Gasteiger partial charge in [0.25, 0.3) is 0 Å². The zero-order chi connectivity index (χ0) is 15.5. The van der Waals surface area contributed by atoms with E-state index in [9.17, 15) is 13.2 Å². The first kappa shape index (κ1) is 15.7. The lowest BCUT2D eigenvalue weighted by atomic mass is 10.2. The van der Waals surface area contributed by atoms with Crippen molar-refractivity contribution in [3.05, 3.63) is 58.1 Å². The summed E-state index contributed by atoms with van der Waals surface area (Å²) < 4.78 is 46.5. The highest BCUT2D eigenvalue weighted by Gasteiger charge is 2.30. The van der Waals surface area contributed by atoms with Crippen LogP contribution in [0.4, 0.5) is 13.2 Å². The topological polar surface area (TPSA) is 18.5 Å². The number of hydrogen-bond donors (Lipinski definition) is 0. The van der Waals surface area contributed by atoms with Gasteiger partial charge in [-0.15, -0.1) is 13.2 Å². The van der Waals surface area contributed by atoms with Crippen molar-refractivity contribution in [1.82, 2.24) is 0 Å². The van der Waals surface area contributed by atoms with Gasteiger partial charge in [0.05, 0.1) is 0 Å². The van der Waals surface area contributed by atoms with E-state index in [0.717, 1.165) is 15.6 Å². The van der Waals surface area contributed by atoms with Gasteiger partial charge in [0, 0.05) is 4.47 Å². The van der Waals surface area contributed by atoms with Crippen molar-refractivity contribution in [3.8, 4) is 11.5 Å². The molecule has 2 nitrogen and oxygen atoms in total. The van der Waals surface area contributed by atoms with Gasteiger partial charge in [0.1, 0.15) is 18.1 Å². The number of alkyl halides is 3. The van der Waals surface area contributed by atoms with Crippen molar-refractivity contribution in [2.45, 2.75) is 19.9 Å². The van der Waals surface area contributed by atoms with Gasteiger partial charge in [-0.1, -0.05) is 28.1 Å². The third kappa shape index (κ3) is 4.97. The summed E-state index contributed by atoms with van der Waals surface area (Å²) in [5.74, 6) is 0.456. The minimum atomic E-state index is -4.67. The maximum absolute atomic E-state index is 12.0. The van der Waals surface area contributed by atoms with Crippen molar-refractivity contribution >= 4 is 15.9 Å². The first-order valence-corrected chi connectivity index (χ1v) is 6.86. The predicted molar refractivity (Wildman–Crippen MR) is 76.3 cm³/mol. The number of ether oxygens (including phenoxy) is 2. The van der Waals surface area contributed by atoms with Crippen LogP contribution < -0.4 is 9.47 Å². The smallest absolute Gasteiger partial charge is 0.489 e. The molecule has 0 heterocycles. The van der Waals surface area contributed by atoms with Gasteiger partial charge in [-0.2, -0.15) is 0 Å². The molecule has 112 valence electrons. The molecule has 0 aliphatic heterocycles. The summed E-state index contributed by atoms with van der Waals surface area (Å²) in [5, 5.41) is 0. The summed E-state index contributed by atoms with van der Waals surface area (Å²) in [6, 6.07) is 11.2. The van der Waals surface area contributed by atoms with Crippen molar-refractivity contribution in [2.24, 2.45) is 0 Å². The van der Waals surface area contributed by atoms with E-state index in [-0.39, 0.29) is 12.4 Å². The van der Waals surface area contributed by atoms with E-state index >= 15 is 0 Å². The molecule has 0 aliphatic carbocycles. The van der Waals surface area contributed by atoms with Crippen LogP contribution in [-0.2, 0) is 6.61 Å². The molecule has 21 heavy (non-hydrogen) atoms. The Morgan fingerprint density at radius 1 is 1.00 bits per heavy atom. The van der Waals surface area contributed by atoms with Gasteiger partial charge >= 0.3 is 6.36 Å². The van der Waals surface area contributed by atoms with E-state index in [2.05, 4.69) is 20.7 Å². The molecule has 0 unspecified atom stereocenters. The highest BCUT2D eigenvalue weighted by atomic mass is 79.9. The summed E-state index contributed by atoms with van der Waals surface area (Å²) in [5.41, 5.74) is 1.80. The minimum Gasteiger partial charge on any atom is -0.489 e. The van der Waals surface area contributed by atoms with E-state index in [1.807, 2.05) is 25.1 Å². The Morgan fingerprint density at radius 3 is 2.19 bits per heavy atom. The second-order valence-electron chi connectivity index (χ2n) is 4.39. The van der Waals surface area contributed by atoms with Crippen LogP contribution in [-0.4, -0.2) is 6.36 Å². The van der Waals surface area contributed by atoms with Gasteiger partial charge in [0.15, 0.2) is 0 Å². The fourth-order valence-corrected chi connectivity index (χ4v) is 1.91. The van der Waals surface area contributed by atoms with Crippen LogP contribution in [0.2, 0.25) is 0 Å². The van der Waals surface area contributed by atoms with E-state index in [4.69, 9.17) is 4.74 Å². The summed E-state index contributed by atoms with van der Waals surface area (Å²) in [6.45, 7) is 2.22. The fraction of sp³-hybridized carbons (Fsp3) is 0.200. The van der Waals surface area contributed by atoms with Crippen LogP contribution in [0.1, 0.15) is 11.1 Å². The monoisotopic (exact) mass is 360 g/mol. The molecule has 0 fully saturated rings. The number of hydrogen-bond acceptors (Lipinski definition) is 2. The number of benzene rings is 2. The van der Waals surface area contributed by atoms with Gasteiger partial charge < -0.3 is 9.47 Å². The first-order chi connectivity index (χ1) is 9.83. The largest absolute Gasteiger partial charge is 0.573 e. The van der Waals surface area contributed by atoms with Crippen LogP contribution in [0.25, 0.3) is 0 Å². The lowest BCUT2D eigenvalue weighted by molar-refractivity contribution is -0.274. The molecule has 0 radical (unpaired) electrons. The molecule has 2 rings (SSSR count). The molecule has 0 aliphatic rings. The summed E-state index contributed by atoms with van der Waals surface area (Å²) >= 11 is 3.40. The molecule has 0 N–H and O–H groups in total. The Hall–Kier alpha value is -1.69. The van der Waals surface area contributed by atoms with Crippen LogP contribution in [0.5, 0.6) is 11.5 Å². The van der Waals surface area contributed by atoms with Gasteiger partial charge in [0.2, 0.25) is 0 Å². The molecule has 0 saturated heterocycles. The zero-order valence-corrected chi connectivity index (χ0v) is 12.7. The molecular weight excluding hydrogens is 349 g/mol. The fourth-order valence-electron chi connectivity index (χ4n) is 1.66. The average Bonchev–Trinajstić information content (AvgIpc) is 2.40. The van der Waals surface area contributed by atoms with Crippen LogP contribution in [0.15, 0.2) is 46.9 Å². The van der Waals surface area contributed by atoms with Gasteiger partial charge in [-0.05, 0) is 48.4 Å². The van der Waals surface area contributed by atoms with E-state index in [1.165, 1.54) is 24.3 Å². The second kappa shape index (κ2) is 6.39. The highest BCUT2D eigenvalue weighted by molar-refractivity contribution is 9.10. The summed E-state index contributed by atoms with van der Waals surface area (Å²) in [4.78, 5) is 0. The lowest BCUT2D eigenvalue weighted by Gasteiger charge is -2.10. The molecule has 0 atom stereocenters. The lowest BCUT2D eigenvalue weighted by Crippen LogP contribution is -2.17. The zero-order valence-electron chi connectivity index (χ0n) is 11.1. The molecule has 0 amide bonds. The molecule has 0 bridgehead atoms. The normalized spacial score (nSPS) is 11.3. The molecule has 0 spiro atoms. The third-order valence-electron chi connectivity index (χ3n) is 2.69. The summed E-state index contributed by atoms with van der Waals surface area (Å²) in [7, 11) is 0. The van der Waals surface area contributed by atoms with Gasteiger partial charge in [-0.25, -0.2) is 0 Å². The van der Waals surface area contributed by atoms with Crippen LogP contribution in [0, 0.1) is 6.92 Å².